The Hall–Kier alpha value is -1.46. The van der Waals surface area contributed by atoms with Gasteiger partial charge in [-0.1, -0.05) is 12.1 Å². The van der Waals surface area contributed by atoms with Crippen molar-refractivity contribution >= 4 is 27.5 Å². The molecule has 0 unspecified atom stereocenters. The number of rotatable bonds is 4. The Morgan fingerprint density at radius 2 is 1.72 bits per heavy atom. The fraction of sp³-hybridized carbons (Fsp3) is 0.667. The number of hydrogen-bond acceptors (Lipinski definition) is 3. The van der Waals surface area contributed by atoms with E-state index in [0.717, 1.165) is 62.4 Å². The van der Waals surface area contributed by atoms with Crippen LogP contribution in [0.15, 0.2) is 24.3 Å². The molecule has 1 N–H and O–H groups in total. The fourth-order valence-electron chi connectivity index (χ4n) is 7.40. The number of fused-ring (bicyclic) bond motifs is 1. The number of amides is 1. The first kappa shape index (κ1) is 18.3. The van der Waals surface area contributed by atoms with Crippen LogP contribution < -0.4 is 4.90 Å². The minimum atomic E-state index is 0.372. The number of nitrogens with zero attached hydrogens (tertiary/aromatic N) is 2. The van der Waals surface area contributed by atoms with Crippen molar-refractivity contribution in [3.8, 4) is 0 Å². The monoisotopic (exact) mass is 410 g/mol. The average molecular weight is 411 g/mol. The van der Waals surface area contributed by atoms with Gasteiger partial charge in [-0.2, -0.15) is 0 Å². The second kappa shape index (κ2) is 7.05. The molecule has 0 atom stereocenters. The van der Waals surface area contributed by atoms with Gasteiger partial charge in [-0.05, 0) is 73.8 Å². The number of thiazole rings is 1. The van der Waals surface area contributed by atoms with E-state index in [1.54, 1.807) is 4.90 Å². The molecule has 5 heteroatoms. The largest absolute Gasteiger partial charge is 0.331 e. The molecule has 5 aliphatic rings. The van der Waals surface area contributed by atoms with Gasteiger partial charge in [-0.3, -0.25) is 4.79 Å². The van der Waals surface area contributed by atoms with Crippen LogP contribution in [0.25, 0.3) is 10.2 Å². The molecule has 154 valence electrons. The van der Waals surface area contributed by atoms with Crippen LogP contribution >= 0.6 is 11.3 Å². The van der Waals surface area contributed by atoms with Gasteiger partial charge in [0, 0.05) is 6.42 Å². The molecule has 4 bridgehead atoms. The molecular weight excluding hydrogens is 378 g/mol. The normalized spacial score (nSPS) is 34.2. The first-order chi connectivity index (χ1) is 14.1. The van der Waals surface area contributed by atoms with E-state index in [0.29, 0.717) is 11.3 Å². The van der Waals surface area contributed by atoms with E-state index < -0.39 is 0 Å². The highest BCUT2D eigenvalue weighted by atomic mass is 32.1. The zero-order valence-electron chi connectivity index (χ0n) is 17.2. The van der Waals surface area contributed by atoms with E-state index in [-0.39, 0.29) is 0 Å². The van der Waals surface area contributed by atoms with Gasteiger partial charge in [-0.25, -0.2) is 4.98 Å². The summed E-state index contributed by atoms with van der Waals surface area (Å²) in [6.07, 6.45) is 9.24. The second-order valence-electron chi connectivity index (χ2n) is 10.5. The second-order valence-corrected chi connectivity index (χ2v) is 11.6. The van der Waals surface area contributed by atoms with Crippen LogP contribution in [0.4, 0.5) is 0 Å². The molecule has 4 saturated carbocycles. The third kappa shape index (κ3) is 3.50. The third-order valence-electron chi connectivity index (χ3n) is 8.25. The van der Waals surface area contributed by atoms with E-state index in [1.807, 2.05) is 11.3 Å². The lowest BCUT2D eigenvalue weighted by Gasteiger charge is -2.57. The van der Waals surface area contributed by atoms with Gasteiger partial charge in [0.2, 0.25) is 5.91 Å². The molecule has 0 spiro atoms. The number of aromatic nitrogens is 1. The number of para-hydroxylation sites is 1. The summed E-state index contributed by atoms with van der Waals surface area (Å²) in [4.78, 5) is 21.7. The van der Waals surface area contributed by atoms with E-state index in [9.17, 15) is 4.79 Å². The fourth-order valence-corrected chi connectivity index (χ4v) is 8.44. The molecule has 1 aliphatic heterocycles. The first-order valence-electron chi connectivity index (χ1n) is 11.6. The van der Waals surface area contributed by atoms with E-state index in [1.165, 1.54) is 48.2 Å². The third-order valence-corrected chi connectivity index (χ3v) is 9.29. The lowest BCUT2D eigenvalue weighted by molar-refractivity contribution is -0.917. The predicted octanol–water partition coefficient (Wildman–Crippen LogP) is 3.13. The summed E-state index contributed by atoms with van der Waals surface area (Å²) in [6.45, 7) is 4.96. The lowest BCUT2D eigenvalue weighted by atomic mass is 9.49. The molecule has 1 aromatic heterocycles. The molecular formula is C24H32N3OS+. The van der Waals surface area contributed by atoms with Crippen LogP contribution in [0.5, 0.6) is 0 Å². The van der Waals surface area contributed by atoms with Crippen molar-refractivity contribution in [2.75, 3.05) is 26.2 Å². The van der Waals surface area contributed by atoms with Gasteiger partial charge >= 0.3 is 0 Å². The molecule has 7 rings (SSSR count). The van der Waals surface area contributed by atoms with Crippen molar-refractivity contribution in [1.82, 2.24) is 9.88 Å². The zero-order chi connectivity index (χ0) is 19.4. The Balaban J connectivity index is 1.05. The SMILES string of the molecule is O=C(CC12CC3CC(CC(C3)C1)C2)N1CC[NH+](Cc2nc3ccccc3s2)CC1. The summed E-state index contributed by atoms with van der Waals surface area (Å²) in [5.41, 5.74) is 1.49. The maximum atomic E-state index is 13.2. The van der Waals surface area contributed by atoms with Gasteiger partial charge in [-0.15, -0.1) is 11.3 Å². The van der Waals surface area contributed by atoms with Crippen LogP contribution in [-0.4, -0.2) is 42.0 Å². The number of piperazine rings is 1. The van der Waals surface area contributed by atoms with Crippen LogP contribution in [0.3, 0.4) is 0 Å². The van der Waals surface area contributed by atoms with Crippen LogP contribution in [0.2, 0.25) is 0 Å². The Kier molecular flexibility index (Phi) is 4.46. The highest BCUT2D eigenvalue weighted by molar-refractivity contribution is 7.18. The molecule has 4 aliphatic carbocycles. The summed E-state index contributed by atoms with van der Waals surface area (Å²) in [5.74, 6) is 3.25. The topological polar surface area (TPSA) is 37.6 Å². The molecule has 4 nitrogen and oxygen atoms in total. The van der Waals surface area contributed by atoms with Crippen LogP contribution in [0.1, 0.15) is 50.0 Å². The van der Waals surface area contributed by atoms with Crippen molar-refractivity contribution < 1.29 is 9.69 Å². The van der Waals surface area contributed by atoms with Crippen molar-refractivity contribution in [1.29, 1.82) is 0 Å². The minimum Gasteiger partial charge on any atom is -0.331 e. The van der Waals surface area contributed by atoms with Crippen molar-refractivity contribution in [2.45, 2.75) is 51.5 Å². The summed E-state index contributed by atoms with van der Waals surface area (Å²) < 4.78 is 1.28. The summed E-state index contributed by atoms with van der Waals surface area (Å²) in [5, 5.41) is 1.23. The predicted molar refractivity (Wildman–Crippen MR) is 116 cm³/mol. The summed E-state index contributed by atoms with van der Waals surface area (Å²) in [7, 11) is 0. The molecule has 2 heterocycles. The van der Waals surface area contributed by atoms with Crippen LogP contribution in [-0.2, 0) is 11.3 Å². The number of hydrogen-bond donors (Lipinski definition) is 1. The maximum Gasteiger partial charge on any atom is 0.223 e. The highest BCUT2D eigenvalue weighted by Gasteiger charge is 2.51. The maximum absolute atomic E-state index is 13.2. The standard InChI is InChI=1S/C24H31N3OS/c28-23(15-24-12-17-9-18(13-24)11-19(10-17)14-24)27-7-5-26(6-8-27)16-22-25-20-3-1-2-4-21(20)29-22/h1-4,17-19H,5-16H2/p+1. The molecule has 1 amide bonds. The number of nitrogens with one attached hydrogen (secondary N) is 1. The van der Waals surface area contributed by atoms with Crippen LogP contribution in [0, 0.1) is 23.2 Å². The smallest absolute Gasteiger partial charge is 0.223 e. The van der Waals surface area contributed by atoms with Crippen molar-refractivity contribution in [3.63, 3.8) is 0 Å². The molecule has 0 radical (unpaired) electrons. The Bertz CT molecular complexity index is 845. The Morgan fingerprint density at radius 3 is 2.38 bits per heavy atom. The summed E-state index contributed by atoms with van der Waals surface area (Å²) >= 11 is 1.82. The molecule has 5 fully saturated rings. The first-order valence-corrected chi connectivity index (χ1v) is 12.4. The van der Waals surface area contributed by atoms with E-state index in [2.05, 4.69) is 29.2 Å². The van der Waals surface area contributed by atoms with Crippen molar-refractivity contribution in [2.24, 2.45) is 23.2 Å². The van der Waals surface area contributed by atoms with E-state index in [4.69, 9.17) is 4.98 Å². The molecule has 1 aromatic carbocycles. The van der Waals surface area contributed by atoms with Gasteiger partial charge in [0.25, 0.3) is 0 Å². The number of benzene rings is 1. The van der Waals surface area contributed by atoms with Gasteiger partial charge in [0.1, 0.15) is 11.6 Å². The van der Waals surface area contributed by atoms with Gasteiger partial charge in [0.05, 0.1) is 36.4 Å². The lowest BCUT2D eigenvalue weighted by Crippen LogP contribution is -3.13. The molecule has 1 saturated heterocycles. The number of quaternary nitrogens is 1. The molecule has 29 heavy (non-hydrogen) atoms. The number of carbonyl (C=O) groups excluding carboxylic acids is 1. The average Bonchev–Trinajstić information content (AvgIpc) is 3.09. The molecule has 2 aromatic rings. The zero-order valence-corrected chi connectivity index (χ0v) is 18.1. The quantitative estimate of drug-likeness (QED) is 0.841. The van der Waals surface area contributed by atoms with Gasteiger partial charge in [0.15, 0.2) is 0 Å². The number of carbonyl (C=O) groups is 1. The Labute approximate surface area is 177 Å². The highest BCUT2D eigenvalue weighted by Crippen LogP contribution is 2.61. The summed E-state index contributed by atoms with van der Waals surface area (Å²) in [6, 6.07) is 8.41. The van der Waals surface area contributed by atoms with Crippen molar-refractivity contribution in [3.05, 3.63) is 29.3 Å². The van der Waals surface area contributed by atoms with E-state index >= 15 is 0 Å². The minimum absolute atomic E-state index is 0.372. The Morgan fingerprint density at radius 1 is 1.07 bits per heavy atom. The van der Waals surface area contributed by atoms with Gasteiger partial charge < -0.3 is 9.80 Å².